The average Bonchev–Trinajstić information content (AvgIpc) is 2.90. The molecule has 2 aromatic carbocycles. The normalized spacial score (nSPS) is 11.7. The van der Waals surface area contributed by atoms with Gasteiger partial charge in [-0.3, -0.25) is 8.37 Å². The smallest absolute Gasteiger partial charge is 0.199 e. The molecule has 0 aliphatic heterocycles. The predicted octanol–water partition coefficient (Wildman–Crippen LogP) is 5.49. The van der Waals surface area contributed by atoms with Crippen molar-refractivity contribution in [2.24, 2.45) is 10.2 Å². The van der Waals surface area contributed by atoms with E-state index in [1.54, 1.807) is 18.2 Å². The Morgan fingerprint density at radius 2 is 1.62 bits per heavy atom. The van der Waals surface area contributed by atoms with Crippen LogP contribution in [-0.2, 0) is 36.9 Å². The Hall–Kier alpha value is -2.00. The number of nitrogens with zero attached hydrogens (tertiary/aromatic N) is 3. The molecular formula is C19H22ClN3O11S3. The summed E-state index contributed by atoms with van der Waals surface area (Å²) in [5.74, 6) is 0.313. The van der Waals surface area contributed by atoms with Gasteiger partial charge in [0.1, 0.15) is 17.1 Å². The first-order valence-electron chi connectivity index (χ1n) is 9.90. The molecule has 0 aromatic heterocycles. The minimum Gasteiger partial charge on any atom is -0.494 e. The predicted molar refractivity (Wildman–Crippen MR) is 135 cm³/mol. The van der Waals surface area contributed by atoms with E-state index in [-0.39, 0.29) is 28.8 Å². The van der Waals surface area contributed by atoms with Crippen molar-refractivity contribution in [2.45, 2.75) is 4.90 Å². The molecule has 0 fully saturated rings. The van der Waals surface area contributed by atoms with Crippen LogP contribution in [0.1, 0.15) is 0 Å². The second-order valence-corrected chi connectivity index (χ2v) is 9.75. The summed E-state index contributed by atoms with van der Waals surface area (Å²) in [5.41, 5.74) is 1.16. The molecule has 0 spiro atoms. The first-order chi connectivity index (χ1) is 17.9. The van der Waals surface area contributed by atoms with E-state index >= 15 is 0 Å². The molecule has 0 heterocycles. The summed E-state index contributed by atoms with van der Waals surface area (Å²) in [6.45, 7) is 4.30. The summed E-state index contributed by atoms with van der Waals surface area (Å²) >= 11 is 7.30. The molecule has 204 valence electrons. The van der Waals surface area contributed by atoms with Gasteiger partial charge in [0.25, 0.3) is 0 Å². The van der Waals surface area contributed by atoms with E-state index in [1.165, 1.54) is 25.3 Å². The van der Waals surface area contributed by atoms with Crippen LogP contribution in [0.25, 0.3) is 0 Å². The quantitative estimate of drug-likeness (QED) is 0.0725. The molecular weight excluding hydrogens is 578 g/mol. The molecule has 14 nitrogen and oxygen atoms in total. The van der Waals surface area contributed by atoms with Crippen LogP contribution in [-0.4, -0.2) is 52.3 Å². The van der Waals surface area contributed by atoms with Gasteiger partial charge in [-0.05, 0) is 36.4 Å². The average molecular weight is 600 g/mol. The molecule has 2 aromatic rings. The number of ether oxygens (including phenoxy) is 1. The Morgan fingerprint density at radius 1 is 1.00 bits per heavy atom. The molecule has 18 heteroatoms. The number of hydrogen-bond donors (Lipinski definition) is 2. The van der Waals surface area contributed by atoms with Gasteiger partial charge in [-0.2, -0.15) is 0 Å². The maximum Gasteiger partial charge on any atom is 0.199 e. The van der Waals surface area contributed by atoms with E-state index in [1.807, 2.05) is 4.90 Å². The van der Waals surface area contributed by atoms with E-state index in [4.69, 9.17) is 35.2 Å². The number of hydrogen-bond acceptors (Lipinski definition) is 16. The Bertz CT molecular complexity index is 1130. The summed E-state index contributed by atoms with van der Waals surface area (Å²) in [7, 11) is -2.26. The fraction of sp³-hybridized carbons (Fsp3) is 0.263. The highest BCUT2D eigenvalue weighted by atomic mass is 35.5. The van der Waals surface area contributed by atoms with Gasteiger partial charge in [0.05, 0.1) is 30.2 Å². The van der Waals surface area contributed by atoms with Gasteiger partial charge < -0.3 is 9.64 Å². The zero-order valence-corrected chi connectivity index (χ0v) is 22.3. The minimum absolute atomic E-state index is 0.0120. The van der Waals surface area contributed by atoms with Gasteiger partial charge in [0.2, 0.25) is 0 Å². The minimum atomic E-state index is -3.68. The maximum absolute atomic E-state index is 12.1. The number of azo groups is 1. The van der Waals surface area contributed by atoms with Gasteiger partial charge in [-0.1, -0.05) is 28.3 Å². The number of anilines is 1. The first kappa shape index (κ1) is 31.2. The first-order valence-corrected chi connectivity index (χ1v) is 13.2. The molecule has 2 N–H and O–H groups in total. The van der Waals surface area contributed by atoms with E-state index in [2.05, 4.69) is 35.6 Å². The van der Waals surface area contributed by atoms with Gasteiger partial charge in [0, 0.05) is 24.2 Å². The van der Waals surface area contributed by atoms with E-state index < -0.39 is 9.84 Å². The van der Waals surface area contributed by atoms with Gasteiger partial charge in [-0.25, -0.2) is 18.9 Å². The largest absolute Gasteiger partial charge is 0.494 e. The molecule has 2 rings (SSSR count). The van der Waals surface area contributed by atoms with Crippen molar-refractivity contribution in [3.8, 4) is 5.75 Å². The summed E-state index contributed by atoms with van der Waals surface area (Å²) in [6, 6.07) is 9.12. The second kappa shape index (κ2) is 16.8. The monoisotopic (exact) mass is 599 g/mol. The molecule has 0 bridgehead atoms. The van der Waals surface area contributed by atoms with Crippen molar-refractivity contribution in [3.05, 3.63) is 53.4 Å². The van der Waals surface area contributed by atoms with Crippen LogP contribution in [0.2, 0.25) is 5.02 Å². The Morgan fingerprint density at radius 3 is 2.16 bits per heavy atom. The third-order valence-electron chi connectivity index (χ3n) is 4.36. The van der Waals surface area contributed by atoms with Crippen LogP contribution in [0.3, 0.4) is 0 Å². The van der Waals surface area contributed by atoms with Crippen molar-refractivity contribution in [3.63, 3.8) is 0 Å². The van der Waals surface area contributed by atoms with Crippen molar-refractivity contribution in [2.75, 3.05) is 38.3 Å². The molecule has 37 heavy (non-hydrogen) atoms. The van der Waals surface area contributed by atoms with Gasteiger partial charge in [-0.15, -0.1) is 18.9 Å². The van der Waals surface area contributed by atoms with Crippen molar-refractivity contribution < 1.29 is 50.8 Å². The van der Waals surface area contributed by atoms with Crippen LogP contribution in [0.4, 0.5) is 17.1 Å². The second-order valence-electron chi connectivity index (χ2n) is 6.43. The van der Waals surface area contributed by atoms with Crippen LogP contribution in [0.15, 0.2) is 63.5 Å². The molecule has 0 saturated carbocycles. The zero-order valence-electron chi connectivity index (χ0n) is 19.1. The van der Waals surface area contributed by atoms with E-state index in [9.17, 15) is 8.42 Å². The van der Waals surface area contributed by atoms with Crippen molar-refractivity contribution >= 4 is 63.1 Å². The number of methoxy groups -OCH3 is 1. The number of sulfone groups is 1. The lowest BCUT2D eigenvalue weighted by Gasteiger charge is -2.24. The lowest BCUT2D eigenvalue weighted by molar-refractivity contribution is -0.434. The molecule has 0 atom stereocenters. The number of halogens is 1. The van der Waals surface area contributed by atoms with Gasteiger partial charge >= 0.3 is 0 Å². The molecule has 0 aliphatic rings. The molecule has 0 aliphatic carbocycles. The van der Waals surface area contributed by atoms with Crippen LogP contribution in [0, 0.1) is 0 Å². The maximum atomic E-state index is 12.1. The summed E-state index contributed by atoms with van der Waals surface area (Å²) in [6.07, 6.45) is 0. The lowest BCUT2D eigenvalue weighted by atomic mass is 10.2. The highest BCUT2D eigenvalue weighted by Gasteiger charge is 2.14. The van der Waals surface area contributed by atoms with Crippen molar-refractivity contribution in [1.82, 2.24) is 0 Å². The van der Waals surface area contributed by atoms with Crippen LogP contribution < -0.4 is 9.64 Å². The molecule has 0 saturated heterocycles. The summed E-state index contributed by atoms with van der Waals surface area (Å²) < 4.78 is 47.9. The molecule has 0 radical (unpaired) electrons. The number of benzene rings is 2. The third-order valence-corrected chi connectivity index (χ3v) is 6.77. The summed E-state index contributed by atoms with van der Waals surface area (Å²) in [4.78, 5) is 1.82. The topological polar surface area (TPSA) is 167 Å². The fourth-order valence-electron chi connectivity index (χ4n) is 2.70. The summed E-state index contributed by atoms with van der Waals surface area (Å²) in [5, 5.41) is 32.5. The lowest BCUT2D eigenvalue weighted by Crippen LogP contribution is -2.30. The van der Waals surface area contributed by atoms with E-state index in [0.717, 1.165) is 5.41 Å². The fourth-order valence-corrected chi connectivity index (χ4v) is 4.05. The Kier molecular flexibility index (Phi) is 14.1. The third kappa shape index (κ3) is 10.3. The number of rotatable bonds is 18. The van der Waals surface area contributed by atoms with E-state index in [0.29, 0.717) is 54.9 Å². The molecule has 0 amide bonds. The van der Waals surface area contributed by atoms with Crippen LogP contribution >= 0.6 is 36.2 Å². The highest BCUT2D eigenvalue weighted by Crippen LogP contribution is 2.35. The Labute approximate surface area is 226 Å². The van der Waals surface area contributed by atoms with Crippen molar-refractivity contribution in [1.29, 1.82) is 0 Å². The standard InChI is InChI=1S/C19H22ClN3O11S3/c1-3-37(26,27)15-5-7-19(28-2)18(13-15)22-21-17-6-4-14(12-16(17)20)23(8-10-29-35-33-31-24)9-11-30-36-34-32-25/h3-7,12-13,24-25H,1,8-11H2,2H3. The highest BCUT2D eigenvalue weighted by molar-refractivity contribution is 7.94. The molecule has 0 unspecified atom stereocenters. The zero-order chi connectivity index (χ0) is 27.1. The van der Waals surface area contributed by atoms with Crippen LogP contribution in [0.5, 0.6) is 5.75 Å². The SMILES string of the molecule is C=CS(=O)(=O)c1ccc(OC)c(N=Nc2ccc(N(CCOSOOO)CCOSOOO)cc2Cl)c1. The Balaban J connectivity index is 2.20. The van der Waals surface area contributed by atoms with Gasteiger partial charge in [0.15, 0.2) is 34.5 Å².